The molecule has 1 aliphatic heterocycles. The van der Waals surface area contributed by atoms with E-state index in [2.05, 4.69) is 28.4 Å². The Morgan fingerprint density at radius 3 is 2.44 bits per heavy atom. The van der Waals surface area contributed by atoms with Gasteiger partial charge in [-0.2, -0.15) is 0 Å². The van der Waals surface area contributed by atoms with E-state index in [1.807, 2.05) is 50.2 Å². The van der Waals surface area contributed by atoms with Gasteiger partial charge in [-0.1, -0.05) is 75.6 Å². The van der Waals surface area contributed by atoms with Gasteiger partial charge < -0.3 is 15.3 Å². The Morgan fingerprint density at radius 2 is 1.72 bits per heavy atom. The number of unbranched alkanes of at least 4 members (excludes halogenated alkanes) is 3. The molecule has 0 radical (unpaired) electrons. The minimum atomic E-state index is -0.326. The molecule has 1 unspecified atom stereocenters. The summed E-state index contributed by atoms with van der Waals surface area (Å²) in [6.45, 7) is 7.32. The van der Waals surface area contributed by atoms with Crippen molar-refractivity contribution in [2.24, 2.45) is 5.92 Å². The van der Waals surface area contributed by atoms with Crippen LogP contribution in [0.15, 0.2) is 54.6 Å². The number of hydrogen-bond donors (Lipinski definition) is 2. The first-order valence-electron chi connectivity index (χ1n) is 12.4. The number of amides is 1. The van der Waals surface area contributed by atoms with Gasteiger partial charge in [-0.3, -0.25) is 4.79 Å². The van der Waals surface area contributed by atoms with Crippen LogP contribution in [0.25, 0.3) is 0 Å². The van der Waals surface area contributed by atoms with E-state index in [0.29, 0.717) is 5.92 Å². The number of benzene rings is 2. The molecule has 3 rings (SSSR count). The minimum absolute atomic E-state index is 0.00387. The molecular weight excluding hydrogens is 396 g/mol. The van der Waals surface area contributed by atoms with Gasteiger partial charge in [-0.15, -0.1) is 0 Å². The Labute approximate surface area is 194 Å². The van der Waals surface area contributed by atoms with Crippen molar-refractivity contribution in [3.05, 3.63) is 65.7 Å². The maximum atomic E-state index is 12.0. The summed E-state index contributed by atoms with van der Waals surface area (Å²) in [6, 6.07) is 18.4. The van der Waals surface area contributed by atoms with Gasteiger partial charge in [-0.25, -0.2) is 0 Å². The maximum absolute atomic E-state index is 12.0. The highest BCUT2D eigenvalue weighted by atomic mass is 16.3. The van der Waals surface area contributed by atoms with Gasteiger partial charge in [0.05, 0.1) is 6.10 Å². The molecule has 174 valence electrons. The molecule has 1 fully saturated rings. The van der Waals surface area contributed by atoms with Crippen molar-refractivity contribution in [1.29, 1.82) is 0 Å². The van der Waals surface area contributed by atoms with Crippen molar-refractivity contribution in [1.82, 2.24) is 4.90 Å². The summed E-state index contributed by atoms with van der Waals surface area (Å²) >= 11 is 0. The van der Waals surface area contributed by atoms with Crippen LogP contribution >= 0.6 is 0 Å². The lowest BCUT2D eigenvalue weighted by atomic mass is 9.89. The molecule has 32 heavy (non-hydrogen) atoms. The van der Waals surface area contributed by atoms with Crippen LogP contribution in [0.5, 0.6) is 0 Å². The Hall–Kier alpha value is -2.17. The van der Waals surface area contributed by atoms with E-state index in [9.17, 15) is 9.90 Å². The van der Waals surface area contributed by atoms with E-state index >= 15 is 0 Å². The first-order chi connectivity index (χ1) is 15.5. The molecule has 4 nitrogen and oxygen atoms in total. The number of aliphatic hydroxyl groups is 1. The third kappa shape index (κ3) is 7.75. The van der Waals surface area contributed by atoms with Crippen molar-refractivity contribution in [3.63, 3.8) is 0 Å². The molecule has 2 aromatic rings. The number of anilines is 1. The molecule has 1 heterocycles. The van der Waals surface area contributed by atoms with Crippen molar-refractivity contribution >= 4 is 11.6 Å². The largest absolute Gasteiger partial charge is 0.388 e. The predicted octanol–water partition coefficient (Wildman–Crippen LogP) is 6.14. The summed E-state index contributed by atoms with van der Waals surface area (Å²) < 4.78 is 0. The number of rotatable bonds is 11. The first kappa shape index (κ1) is 24.5. The Morgan fingerprint density at radius 1 is 1.00 bits per heavy atom. The molecule has 2 N–H and O–H groups in total. The summed E-state index contributed by atoms with van der Waals surface area (Å²) in [5.41, 5.74) is 3.30. The van der Waals surface area contributed by atoms with Gasteiger partial charge in [-0.05, 0) is 74.5 Å². The summed E-state index contributed by atoms with van der Waals surface area (Å²) in [5, 5.41) is 13.3. The van der Waals surface area contributed by atoms with Gasteiger partial charge in [0.1, 0.15) is 0 Å². The van der Waals surface area contributed by atoms with Crippen LogP contribution in [0.1, 0.15) is 81.9 Å². The van der Waals surface area contributed by atoms with E-state index in [0.717, 1.165) is 37.2 Å². The summed E-state index contributed by atoms with van der Waals surface area (Å²) in [6.07, 6.45) is 7.65. The third-order valence-electron chi connectivity index (χ3n) is 6.62. The van der Waals surface area contributed by atoms with Crippen LogP contribution in [-0.2, 0) is 4.79 Å². The molecule has 1 atom stereocenters. The number of hydrogen-bond acceptors (Lipinski definition) is 3. The third-order valence-corrected chi connectivity index (χ3v) is 6.62. The SMILES string of the molecule is CC(C)C(=O)Nc1cccc(C2CCN(CCCCCCC(O)c3ccccc3)CC2)c1. The fourth-order valence-corrected chi connectivity index (χ4v) is 4.52. The van der Waals surface area contributed by atoms with Gasteiger partial charge in [0.25, 0.3) is 0 Å². The van der Waals surface area contributed by atoms with Crippen molar-refractivity contribution in [3.8, 4) is 0 Å². The average Bonchev–Trinajstić information content (AvgIpc) is 2.82. The van der Waals surface area contributed by atoms with E-state index in [4.69, 9.17) is 0 Å². The van der Waals surface area contributed by atoms with Gasteiger partial charge in [0.2, 0.25) is 5.91 Å². The molecule has 0 aliphatic carbocycles. The summed E-state index contributed by atoms with van der Waals surface area (Å²) in [7, 11) is 0. The Bertz CT molecular complexity index is 813. The Balaban J connectivity index is 1.30. The maximum Gasteiger partial charge on any atom is 0.226 e. The smallest absolute Gasteiger partial charge is 0.226 e. The molecule has 0 bridgehead atoms. The highest BCUT2D eigenvalue weighted by molar-refractivity contribution is 5.92. The molecule has 0 aromatic heterocycles. The molecule has 2 aromatic carbocycles. The number of nitrogens with zero attached hydrogens (tertiary/aromatic N) is 1. The van der Waals surface area contributed by atoms with Crippen LogP contribution in [0, 0.1) is 5.92 Å². The number of carbonyl (C=O) groups is 1. The predicted molar refractivity (Wildman–Crippen MR) is 133 cm³/mol. The topological polar surface area (TPSA) is 52.6 Å². The standard InChI is InChI=1S/C28H40N2O2/c1-22(2)28(32)29-26-14-10-13-25(21-26)23-16-19-30(20-17-23)18-9-4-3-8-15-27(31)24-11-6-5-7-12-24/h5-7,10-14,21-23,27,31H,3-4,8-9,15-20H2,1-2H3,(H,29,32). The summed E-state index contributed by atoms with van der Waals surface area (Å²) in [4.78, 5) is 14.6. The lowest BCUT2D eigenvalue weighted by Crippen LogP contribution is -2.33. The lowest BCUT2D eigenvalue weighted by molar-refractivity contribution is -0.118. The fraction of sp³-hybridized carbons (Fsp3) is 0.536. The molecule has 0 spiro atoms. The average molecular weight is 437 g/mol. The zero-order chi connectivity index (χ0) is 22.8. The molecular formula is C28H40N2O2. The second kappa shape index (κ2) is 12.8. The number of likely N-dealkylation sites (tertiary alicyclic amines) is 1. The van der Waals surface area contributed by atoms with Crippen LogP contribution in [0.3, 0.4) is 0 Å². The second-order valence-corrected chi connectivity index (χ2v) is 9.51. The molecule has 1 aliphatic rings. The van der Waals surface area contributed by atoms with E-state index < -0.39 is 0 Å². The van der Waals surface area contributed by atoms with E-state index in [1.54, 1.807) is 0 Å². The first-order valence-corrected chi connectivity index (χ1v) is 12.4. The number of piperidine rings is 1. The highest BCUT2D eigenvalue weighted by Gasteiger charge is 2.20. The number of nitrogens with one attached hydrogen (secondary N) is 1. The molecule has 4 heteroatoms. The van der Waals surface area contributed by atoms with Crippen LogP contribution in [-0.4, -0.2) is 35.5 Å². The summed E-state index contributed by atoms with van der Waals surface area (Å²) in [5.74, 6) is 0.656. The quantitative estimate of drug-likeness (QED) is 0.416. The molecule has 1 amide bonds. The normalized spacial score (nSPS) is 16.2. The van der Waals surface area contributed by atoms with Crippen LogP contribution in [0.4, 0.5) is 5.69 Å². The highest BCUT2D eigenvalue weighted by Crippen LogP contribution is 2.30. The van der Waals surface area contributed by atoms with Gasteiger partial charge in [0.15, 0.2) is 0 Å². The van der Waals surface area contributed by atoms with Crippen molar-refractivity contribution in [2.45, 2.75) is 70.8 Å². The zero-order valence-corrected chi connectivity index (χ0v) is 19.8. The second-order valence-electron chi connectivity index (χ2n) is 9.51. The van der Waals surface area contributed by atoms with Gasteiger partial charge >= 0.3 is 0 Å². The lowest BCUT2D eigenvalue weighted by Gasteiger charge is -2.32. The van der Waals surface area contributed by atoms with E-state index in [1.165, 1.54) is 44.2 Å². The van der Waals surface area contributed by atoms with Crippen molar-refractivity contribution < 1.29 is 9.90 Å². The van der Waals surface area contributed by atoms with Gasteiger partial charge in [0, 0.05) is 11.6 Å². The number of aliphatic hydroxyl groups excluding tert-OH is 1. The molecule has 0 saturated carbocycles. The molecule has 1 saturated heterocycles. The monoisotopic (exact) mass is 436 g/mol. The van der Waals surface area contributed by atoms with E-state index in [-0.39, 0.29) is 17.9 Å². The van der Waals surface area contributed by atoms with Crippen LogP contribution < -0.4 is 5.32 Å². The number of carbonyl (C=O) groups excluding carboxylic acids is 1. The zero-order valence-electron chi connectivity index (χ0n) is 19.8. The van der Waals surface area contributed by atoms with Crippen molar-refractivity contribution in [2.75, 3.05) is 25.0 Å². The Kier molecular flexibility index (Phi) is 9.76. The fourth-order valence-electron chi connectivity index (χ4n) is 4.52. The van der Waals surface area contributed by atoms with Crippen LogP contribution in [0.2, 0.25) is 0 Å². The minimum Gasteiger partial charge on any atom is -0.388 e.